The van der Waals surface area contributed by atoms with Crippen LogP contribution < -0.4 is 0 Å². The van der Waals surface area contributed by atoms with Gasteiger partial charge in [0.05, 0.1) is 4.83 Å². The minimum atomic E-state index is 0.268. The largest absolute Gasteiger partial charge is 0.0879 e. The van der Waals surface area contributed by atoms with E-state index in [1.165, 1.54) is 11.1 Å². The summed E-state index contributed by atoms with van der Waals surface area (Å²) in [6.07, 6.45) is 5.02. The first kappa shape index (κ1) is 10.0. The first-order valence-corrected chi connectivity index (χ1v) is 5.82. The molecule has 14 heavy (non-hydrogen) atoms. The Morgan fingerprint density at radius 2 is 1.86 bits per heavy atom. The van der Waals surface area contributed by atoms with Crippen LogP contribution in [0.3, 0.4) is 0 Å². The second-order valence-electron chi connectivity index (χ2n) is 3.28. The van der Waals surface area contributed by atoms with Crippen LogP contribution in [0.25, 0.3) is 5.57 Å². The van der Waals surface area contributed by atoms with Crippen LogP contribution in [0.4, 0.5) is 0 Å². The molecule has 1 unspecified atom stereocenters. The lowest BCUT2D eigenvalue weighted by atomic mass is 9.97. The number of halogens is 2. The predicted octanol–water partition coefficient (Wildman–Crippen LogP) is 4.36. The number of alkyl halides is 1. The normalized spacial score (nSPS) is 21.4. The van der Waals surface area contributed by atoms with Crippen molar-refractivity contribution in [1.82, 2.24) is 0 Å². The lowest BCUT2D eigenvalue weighted by Crippen LogP contribution is -2.03. The Morgan fingerprint density at radius 1 is 1.14 bits per heavy atom. The zero-order chi connectivity index (χ0) is 9.97. The molecule has 2 heteroatoms. The molecule has 1 aromatic rings. The van der Waals surface area contributed by atoms with Crippen molar-refractivity contribution in [3.8, 4) is 0 Å². The van der Waals surface area contributed by atoms with Crippen LogP contribution in [0, 0.1) is 0 Å². The van der Waals surface area contributed by atoms with Crippen LogP contribution in [0.15, 0.2) is 47.5 Å². The van der Waals surface area contributed by atoms with E-state index in [-0.39, 0.29) is 4.83 Å². The van der Waals surface area contributed by atoms with E-state index in [0.717, 1.165) is 11.5 Å². The van der Waals surface area contributed by atoms with E-state index in [0.29, 0.717) is 0 Å². The molecule has 1 aliphatic carbocycles. The van der Waals surface area contributed by atoms with E-state index in [9.17, 15) is 0 Å². The topological polar surface area (TPSA) is 0 Å². The Bertz CT molecular complexity index is 379. The van der Waals surface area contributed by atoms with Crippen molar-refractivity contribution in [3.63, 3.8) is 0 Å². The summed E-state index contributed by atoms with van der Waals surface area (Å²) >= 11 is 9.54. The Labute approximate surface area is 97.4 Å². The van der Waals surface area contributed by atoms with Crippen molar-refractivity contribution in [3.05, 3.63) is 53.1 Å². The molecule has 1 atom stereocenters. The molecule has 0 spiro atoms. The SMILES string of the molecule is ClC1=CC=C(c2ccccc2)CC1Br. The molecule has 0 fully saturated rings. The molecule has 0 amide bonds. The summed E-state index contributed by atoms with van der Waals surface area (Å²) in [6, 6.07) is 10.4. The van der Waals surface area contributed by atoms with Crippen LogP contribution in [-0.2, 0) is 0 Å². The van der Waals surface area contributed by atoms with Gasteiger partial charge in [0, 0.05) is 5.03 Å². The van der Waals surface area contributed by atoms with Gasteiger partial charge in [-0.2, -0.15) is 0 Å². The Balaban J connectivity index is 2.30. The highest BCUT2D eigenvalue weighted by atomic mass is 79.9. The van der Waals surface area contributed by atoms with Gasteiger partial charge < -0.3 is 0 Å². The van der Waals surface area contributed by atoms with E-state index < -0.39 is 0 Å². The van der Waals surface area contributed by atoms with Gasteiger partial charge in [-0.05, 0) is 23.6 Å². The zero-order valence-electron chi connectivity index (χ0n) is 7.58. The van der Waals surface area contributed by atoms with Gasteiger partial charge in [0.25, 0.3) is 0 Å². The highest BCUT2D eigenvalue weighted by molar-refractivity contribution is 9.09. The molecular weight excluding hydrogens is 259 g/mol. The quantitative estimate of drug-likeness (QED) is 0.665. The van der Waals surface area contributed by atoms with Gasteiger partial charge in [-0.1, -0.05) is 63.9 Å². The summed E-state index contributed by atoms with van der Waals surface area (Å²) in [5, 5.41) is 0.879. The molecule has 0 saturated carbocycles. The lowest BCUT2D eigenvalue weighted by molar-refractivity contribution is 1.07. The molecule has 0 N–H and O–H groups in total. The summed E-state index contributed by atoms with van der Waals surface area (Å²) in [6.45, 7) is 0. The summed E-state index contributed by atoms with van der Waals surface area (Å²) in [5.74, 6) is 0. The average Bonchev–Trinajstić information content (AvgIpc) is 2.23. The Morgan fingerprint density at radius 3 is 2.50 bits per heavy atom. The second-order valence-corrected chi connectivity index (χ2v) is 4.82. The van der Waals surface area contributed by atoms with Crippen molar-refractivity contribution < 1.29 is 0 Å². The maximum Gasteiger partial charge on any atom is 0.0543 e. The van der Waals surface area contributed by atoms with E-state index in [1.807, 2.05) is 12.1 Å². The highest BCUT2D eigenvalue weighted by Crippen LogP contribution is 2.32. The van der Waals surface area contributed by atoms with Crippen molar-refractivity contribution in [2.45, 2.75) is 11.2 Å². The number of allylic oxidation sites excluding steroid dienone is 4. The van der Waals surface area contributed by atoms with Gasteiger partial charge in [-0.25, -0.2) is 0 Å². The van der Waals surface area contributed by atoms with E-state index in [2.05, 4.69) is 46.3 Å². The summed E-state index contributed by atoms with van der Waals surface area (Å²) in [7, 11) is 0. The van der Waals surface area contributed by atoms with Gasteiger partial charge in [0.2, 0.25) is 0 Å². The van der Waals surface area contributed by atoms with Gasteiger partial charge >= 0.3 is 0 Å². The minimum Gasteiger partial charge on any atom is -0.0879 e. The standard InChI is InChI=1S/C12H10BrCl/c13-11-8-10(6-7-12(11)14)9-4-2-1-3-5-9/h1-7,11H,8H2. The first-order chi connectivity index (χ1) is 6.77. The molecule has 2 rings (SSSR count). The monoisotopic (exact) mass is 268 g/mol. The van der Waals surface area contributed by atoms with Crippen molar-refractivity contribution in [2.75, 3.05) is 0 Å². The molecule has 0 aliphatic heterocycles. The molecule has 0 aromatic heterocycles. The first-order valence-electron chi connectivity index (χ1n) is 4.53. The van der Waals surface area contributed by atoms with Gasteiger partial charge in [0.1, 0.15) is 0 Å². The molecule has 72 valence electrons. The Hall–Kier alpha value is -0.530. The number of benzene rings is 1. The van der Waals surface area contributed by atoms with E-state index in [4.69, 9.17) is 11.6 Å². The van der Waals surface area contributed by atoms with Crippen LogP contribution >= 0.6 is 27.5 Å². The molecule has 0 nitrogen and oxygen atoms in total. The van der Waals surface area contributed by atoms with Crippen molar-refractivity contribution in [1.29, 1.82) is 0 Å². The molecule has 1 aliphatic rings. The lowest BCUT2D eigenvalue weighted by Gasteiger charge is -2.16. The average molecular weight is 270 g/mol. The molecule has 1 aromatic carbocycles. The molecule has 0 radical (unpaired) electrons. The fraction of sp³-hybridized carbons (Fsp3) is 0.167. The smallest absolute Gasteiger partial charge is 0.0543 e. The molecular formula is C12H10BrCl. The third-order valence-electron chi connectivity index (χ3n) is 2.29. The highest BCUT2D eigenvalue weighted by Gasteiger charge is 2.15. The van der Waals surface area contributed by atoms with Gasteiger partial charge in [-0.3, -0.25) is 0 Å². The van der Waals surface area contributed by atoms with Crippen LogP contribution in [0.1, 0.15) is 12.0 Å². The fourth-order valence-electron chi connectivity index (χ4n) is 1.51. The number of hydrogen-bond donors (Lipinski definition) is 0. The van der Waals surface area contributed by atoms with Gasteiger partial charge in [-0.15, -0.1) is 0 Å². The van der Waals surface area contributed by atoms with Crippen LogP contribution in [0.2, 0.25) is 0 Å². The molecule has 0 bridgehead atoms. The van der Waals surface area contributed by atoms with Crippen molar-refractivity contribution in [2.24, 2.45) is 0 Å². The van der Waals surface area contributed by atoms with Crippen LogP contribution in [0.5, 0.6) is 0 Å². The zero-order valence-corrected chi connectivity index (χ0v) is 9.92. The third kappa shape index (κ3) is 2.10. The maximum absolute atomic E-state index is 5.99. The Kier molecular flexibility index (Phi) is 3.09. The minimum absolute atomic E-state index is 0.268. The van der Waals surface area contributed by atoms with E-state index in [1.54, 1.807) is 0 Å². The summed E-state index contributed by atoms with van der Waals surface area (Å²) in [5.41, 5.74) is 2.61. The predicted molar refractivity (Wildman–Crippen MR) is 65.7 cm³/mol. The van der Waals surface area contributed by atoms with Crippen LogP contribution in [-0.4, -0.2) is 4.83 Å². The number of rotatable bonds is 1. The summed E-state index contributed by atoms with van der Waals surface area (Å²) in [4.78, 5) is 0.268. The fourth-order valence-corrected chi connectivity index (χ4v) is 2.15. The van der Waals surface area contributed by atoms with Crippen molar-refractivity contribution >= 4 is 33.1 Å². The third-order valence-corrected chi connectivity index (χ3v) is 3.76. The van der Waals surface area contributed by atoms with E-state index >= 15 is 0 Å². The molecule has 0 saturated heterocycles. The summed E-state index contributed by atoms with van der Waals surface area (Å²) < 4.78 is 0. The second kappa shape index (κ2) is 4.33. The number of hydrogen-bond acceptors (Lipinski definition) is 0. The van der Waals surface area contributed by atoms with Gasteiger partial charge in [0.15, 0.2) is 0 Å². The maximum atomic E-state index is 5.99. The molecule has 0 heterocycles.